The summed E-state index contributed by atoms with van der Waals surface area (Å²) in [5.74, 6) is -1.34. The molecule has 1 aliphatic heterocycles. The summed E-state index contributed by atoms with van der Waals surface area (Å²) in [5, 5.41) is 12.5. The number of hydrogen-bond acceptors (Lipinski definition) is 4. The van der Waals surface area contributed by atoms with E-state index in [9.17, 15) is 9.59 Å². The molecule has 1 saturated heterocycles. The van der Waals surface area contributed by atoms with Gasteiger partial charge in [-0.2, -0.15) is 0 Å². The van der Waals surface area contributed by atoms with Crippen molar-refractivity contribution in [2.45, 2.75) is 19.3 Å². The van der Waals surface area contributed by atoms with Gasteiger partial charge in [-0.15, -0.1) is 11.3 Å². The number of amides is 1. The number of likely N-dealkylation sites (tertiary alicyclic amines) is 1. The molecule has 0 bridgehead atoms. The molecule has 1 atom stereocenters. The first-order chi connectivity index (χ1) is 11.5. The van der Waals surface area contributed by atoms with Gasteiger partial charge in [0.1, 0.15) is 5.01 Å². The zero-order chi connectivity index (χ0) is 17.1. The minimum absolute atomic E-state index is 0.0612. The molecule has 126 valence electrons. The molecule has 1 unspecified atom stereocenters. The molecule has 0 saturated carbocycles. The molecule has 1 aromatic heterocycles. The Morgan fingerprint density at radius 2 is 2.08 bits per heavy atom. The van der Waals surface area contributed by atoms with Gasteiger partial charge in [0.25, 0.3) is 0 Å². The molecule has 24 heavy (non-hydrogen) atoms. The van der Waals surface area contributed by atoms with Gasteiger partial charge in [0.2, 0.25) is 5.91 Å². The number of benzene rings is 1. The Morgan fingerprint density at radius 1 is 1.33 bits per heavy atom. The summed E-state index contributed by atoms with van der Waals surface area (Å²) in [5.41, 5.74) is 1.68. The Bertz CT molecular complexity index is 745. The number of carboxylic acid groups (broad SMARTS) is 1. The molecule has 1 fully saturated rings. The summed E-state index contributed by atoms with van der Waals surface area (Å²) in [4.78, 5) is 29.7. The first-order valence-electron chi connectivity index (χ1n) is 7.74. The number of nitrogens with zero attached hydrogens (tertiary/aromatic N) is 2. The third-order valence-electron chi connectivity index (χ3n) is 4.10. The predicted octanol–water partition coefficient (Wildman–Crippen LogP) is 3.33. The second kappa shape index (κ2) is 7.32. The fourth-order valence-corrected chi connectivity index (χ4v) is 3.74. The van der Waals surface area contributed by atoms with Gasteiger partial charge >= 0.3 is 5.97 Å². The third kappa shape index (κ3) is 3.94. The van der Waals surface area contributed by atoms with Crippen molar-refractivity contribution in [2.24, 2.45) is 5.92 Å². The molecule has 5 nitrogen and oxygen atoms in total. The van der Waals surface area contributed by atoms with Crippen molar-refractivity contribution in [3.63, 3.8) is 0 Å². The molecular formula is C17H17ClN2O3S. The summed E-state index contributed by atoms with van der Waals surface area (Å²) in [6.07, 6.45) is 1.57. The second-order valence-corrected chi connectivity index (χ2v) is 7.14. The number of hydrogen-bond donors (Lipinski definition) is 1. The monoisotopic (exact) mass is 364 g/mol. The number of halogens is 1. The van der Waals surface area contributed by atoms with E-state index in [1.54, 1.807) is 4.90 Å². The van der Waals surface area contributed by atoms with Crippen LogP contribution in [0.15, 0.2) is 29.6 Å². The number of piperidine rings is 1. The lowest BCUT2D eigenvalue weighted by Crippen LogP contribution is -2.43. The topological polar surface area (TPSA) is 70.5 Å². The van der Waals surface area contributed by atoms with E-state index in [1.165, 1.54) is 11.3 Å². The molecule has 1 amide bonds. The van der Waals surface area contributed by atoms with Gasteiger partial charge in [0.15, 0.2) is 0 Å². The summed E-state index contributed by atoms with van der Waals surface area (Å²) in [6.45, 7) is 0.916. The van der Waals surface area contributed by atoms with Gasteiger partial charge < -0.3 is 10.0 Å². The molecule has 0 radical (unpaired) electrons. The van der Waals surface area contributed by atoms with E-state index in [2.05, 4.69) is 4.98 Å². The van der Waals surface area contributed by atoms with Crippen LogP contribution in [-0.2, 0) is 16.0 Å². The highest BCUT2D eigenvalue weighted by molar-refractivity contribution is 7.13. The first kappa shape index (κ1) is 16.9. The standard InChI is InChI=1S/C17H17ClN2O3S/c18-13-5-3-11(4-6-13)16-19-14(10-24-16)8-15(21)20-7-1-2-12(9-20)17(22)23/h3-6,10,12H,1-2,7-9H2,(H,22,23). The van der Waals surface area contributed by atoms with Gasteiger partial charge in [0, 0.05) is 29.1 Å². The fourth-order valence-electron chi connectivity index (χ4n) is 2.79. The molecule has 1 N–H and O–H groups in total. The Balaban J connectivity index is 1.65. The van der Waals surface area contributed by atoms with Crippen molar-refractivity contribution in [1.82, 2.24) is 9.88 Å². The molecule has 0 aliphatic carbocycles. The number of thiazole rings is 1. The minimum Gasteiger partial charge on any atom is -0.481 e. The van der Waals surface area contributed by atoms with Crippen LogP contribution in [0.1, 0.15) is 18.5 Å². The lowest BCUT2D eigenvalue weighted by atomic mass is 9.98. The Hall–Kier alpha value is -1.92. The van der Waals surface area contributed by atoms with Crippen LogP contribution in [0.2, 0.25) is 5.02 Å². The molecule has 7 heteroatoms. The van der Waals surface area contributed by atoms with Crippen molar-refractivity contribution in [1.29, 1.82) is 0 Å². The van der Waals surface area contributed by atoms with Crippen molar-refractivity contribution in [3.8, 4) is 10.6 Å². The van der Waals surface area contributed by atoms with Crippen LogP contribution in [0.3, 0.4) is 0 Å². The van der Waals surface area contributed by atoms with Crippen molar-refractivity contribution in [2.75, 3.05) is 13.1 Å². The molecule has 1 aliphatic rings. The first-order valence-corrected chi connectivity index (χ1v) is 8.99. The fraction of sp³-hybridized carbons (Fsp3) is 0.353. The van der Waals surface area contributed by atoms with Crippen molar-refractivity contribution >= 4 is 34.8 Å². The number of aromatic nitrogens is 1. The highest BCUT2D eigenvalue weighted by Gasteiger charge is 2.28. The quantitative estimate of drug-likeness (QED) is 0.903. The van der Waals surface area contributed by atoms with Crippen LogP contribution in [0, 0.1) is 5.92 Å². The molecule has 1 aromatic carbocycles. The van der Waals surface area contributed by atoms with E-state index in [0.717, 1.165) is 17.0 Å². The molecule has 0 spiro atoms. The zero-order valence-corrected chi connectivity index (χ0v) is 14.5. The summed E-state index contributed by atoms with van der Waals surface area (Å²) >= 11 is 7.37. The van der Waals surface area contributed by atoms with Crippen LogP contribution >= 0.6 is 22.9 Å². The van der Waals surface area contributed by atoms with Crippen LogP contribution in [-0.4, -0.2) is 40.0 Å². The number of rotatable bonds is 4. The smallest absolute Gasteiger partial charge is 0.308 e. The minimum atomic E-state index is -0.828. The van der Waals surface area contributed by atoms with Gasteiger partial charge in [0.05, 0.1) is 18.0 Å². The average Bonchev–Trinajstić information content (AvgIpc) is 3.04. The van der Waals surface area contributed by atoms with Crippen molar-refractivity contribution < 1.29 is 14.7 Å². The van der Waals surface area contributed by atoms with E-state index in [-0.39, 0.29) is 12.3 Å². The van der Waals surface area contributed by atoms with Gasteiger partial charge in [-0.05, 0) is 25.0 Å². The number of carbonyl (C=O) groups is 2. The van der Waals surface area contributed by atoms with Gasteiger partial charge in [-0.1, -0.05) is 23.7 Å². The Kier molecular flexibility index (Phi) is 5.16. The lowest BCUT2D eigenvalue weighted by Gasteiger charge is -2.30. The molecule has 3 rings (SSSR count). The predicted molar refractivity (Wildman–Crippen MR) is 93.2 cm³/mol. The molecular weight excluding hydrogens is 348 g/mol. The maximum absolute atomic E-state index is 12.4. The van der Waals surface area contributed by atoms with E-state index < -0.39 is 11.9 Å². The lowest BCUT2D eigenvalue weighted by molar-refractivity contribution is -0.145. The summed E-state index contributed by atoms with van der Waals surface area (Å²) < 4.78 is 0. The highest BCUT2D eigenvalue weighted by atomic mass is 35.5. The second-order valence-electron chi connectivity index (χ2n) is 5.84. The van der Waals surface area contributed by atoms with Gasteiger partial charge in [-0.25, -0.2) is 4.98 Å². The Morgan fingerprint density at radius 3 is 2.79 bits per heavy atom. The largest absolute Gasteiger partial charge is 0.481 e. The Labute approximate surface area is 148 Å². The molecule has 2 aromatic rings. The normalized spacial score (nSPS) is 17.7. The summed E-state index contributed by atoms with van der Waals surface area (Å²) in [6, 6.07) is 7.41. The number of carboxylic acids is 1. The maximum Gasteiger partial charge on any atom is 0.308 e. The molecule has 2 heterocycles. The highest BCUT2D eigenvalue weighted by Crippen LogP contribution is 2.26. The van der Waals surface area contributed by atoms with Crippen LogP contribution < -0.4 is 0 Å². The van der Waals surface area contributed by atoms with E-state index in [0.29, 0.717) is 30.2 Å². The van der Waals surface area contributed by atoms with Crippen molar-refractivity contribution in [3.05, 3.63) is 40.4 Å². The van der Waals surface area contributed by atoms with E-state index in [1.807, 2.05) is 29.6 Å². The van der Waals surface area contributed by atoms with Crippen LogP contribution in [0.4, 0.5) is 0 Å². The SMILES string of the molecule is O=C(O)C1CCCN(C(=O)Cc2csc(-c3ccc(Cl)cc3)n2)C1. The third-order valence-corrected chi connectivity index (χ3v) is 5.29. The number of aliphatic carboxylic acids is 1. The van der Waals surface area contributed by atoms with E-state index >= 15 is 0 Å². The van der Waals surface area contributed by atoms with Crippen LogP contribution in [0.5, 0.6) is 0 Å². The van der Waals surface area contributed by atoms with E-state index in [4.69, 9.17) is 16.7 Å². The number of carbonyl (C=O) groups excluding carboxylic acids is 1. The van der Waals surface area contributed by atoms with Gasteiger partial charge in [-0.3, -0.25) is 9.59 Å². The maximum atomic E-state index is 12.4. The summed E-state index contributed by atoms with van der Waals surface area (Å²) in [7, 11) is 0. The average molecular weight is 365 g/mol. The van der Waals surface area contributed by atoms with Crippen LogP contribution in [0.25, 0.3) is 10.6 Å². The zero-order valence-electron chi connectivity index (χ0n) is 12.9.